The van der Waals surface area contributed by atoms with Crippen LogP contribution in [0.25, 0.3) is 0 Å². The molecule has 1 aliphatic rings. The topological polar surface area (TPSA) is 38.7 Å². The molecule has 0 radical (unpaired) electrons. The molecule has 0 amide bonds. The molecule has 170 valence electrons. The lowest BCUT2D eigenvalue weighted by Crippen LogP contribution is -2.26. The predicted molar refractivity (Wildman–Crippen MR) is 126 cm³/mol. The van der Waals surface area contributed by atoms with E-state index in [1.807, 2.05) is 6.26 Å². The molecular formula is C24H47NO3P+. The van der Waals surface area contributed by atoms with Gasteiger partial charge in [-0.1, -0.05) is 64.2 Å². The lowest BCUT2D eigenvalue weighted by Gasteiger charge is -2.17. The molecule has 1 atom stereocenters. The van der Waals surface area contributed by atoms with E-state index in [9.17, 15) is 4.89 Å². The van der Waals surface area contributed by atoms with E-state index in [0.717, 1.165) is 29.8 Å². The van der Waals surface area contributed by atoms with E-state index in [1.165, 1.54) is 82.6 Å². The van der Waals surface area contributed by atoms with Crippen molar-refractivity contribution in [3.8, 4) is 0 Å². The van der Waals surface area contributed by atoms with Crippen molar-refractivity contribution < 1.29 is 18.9 Å². The Morgan fingerprint density at radius 2 is 1.45 bits per heavy atom. The first kappa shape index (κ1) is 26.6. The van der Waals surface area contributed by atoms with E-state index < -0.39 is 8.15 Å². The smallest absolute Gasteiger partial charge is 0.188 e. The van der Waals surface area contributed by atoms with Crippen molar-refractivity contribution in [2.24, 2.45) is 0 Å². The van der Waals surface area contributed by atoms with Gasteiger partial charge >= 0.3 is 0 Å². The number of rotatable bonds is 18. The van der Waals surface area contributed by atoms with Crippen molar-refractivity contribution in [2.75, 3.05) is 46.9 Å². The Kier molecular flexibility index (Phi) is 15.9. The molecule has 1 unspecified atom stereocenters. The summed E-state index contributed by atoms with van der Waals surface area (Å²) in [4.78, 5) is 10.1. The van der Waals surface area contributed by atoms with Crippen LogP contribution in [-0.4, -0.2) is 56.2 Å². The monoisotopic (exact) mass is 428 g/mol. The largest absolute Gasteiger partial charge is 0.475 e. The maximum absolute atomic E-state index is 10.1. The molecule has 0 aromatic rings. The first-order chi connectivity index (χ1) is 14.0. The van der Waals surface area contributed by atoms with Crippen molar-refractivity contribution in [3.63, 3.8) is 0 Å². The van der Waals surface area contributed by atoms with Crippen LogP contribution in [-0.2, 0) is 9.47 Å². The Bertz CT molecular complexity index is 446. The molecule has 1 heterocycles. The van der Waals surface area contributed by atoms with Crippen molar-refractivity contribution in [1.82, 2.24) is 0 Å². The van der Waals surface area contributed by atoms with Gasteiger partial charge in [0.15, 0.2) is 6.79 Å². The Morgan fingerprint density at radius 3 is 1.97 bits per heavy atom. The van der Waals surface area contributed by atoms with Crippen LogP contribution in [0.15, 0.2) is 24.1 Å². The van der Waals surface area contributed by atoms with Crippen molar-refractivity contribution in [3.05, 3.63) is 24.1 Å². The van der Waals surface area contributed by atoms with Gasteiger partial charge in [-0.3, -0.25) is 0 Å². The van der Waals surface area contributed by atoms with Crippen molar-refractivity contribution in [1.29, 1.82) is 0 Å². The second kappa shape index (κ2) is 17.3. The number of hydrogen-bond acceptors (Lipinski definition) is 3. The van der Waals surface area contributed by atoms with Crippen LogP contribution in [0.5, 0.6) is 0 Å². The molecule has 0 saturated heterocycles. The molecule has 1 aliphatic heterocycles. The number of hydrogen-bond donors (Lipinski definition) is 1. The third kappa shape index (κ3) is 18.1. The molecule has 0 aliphatic carbocycles. The molecule has 0 saturated carbocycles. The minimum Gasteiger partial charge on any atom is -0.475 e. The summed E-state index contributed by atoms with van der Waals surface area (Å²) in [6.07, 6.45) is 25.3. The maximum atomic E-state index is 10.1. The summed E-state index contributed by atoms with van der Waals surface area (Å²) >= 11 is 0. The Morgan fingerprint density at radius 1 is 0.897 bits per heavy atom. The summed E-state index contributed by atoms with van der Waals surface area (Å²) in [6.45, 7) is 1.18. The van der Waals surface area contributed by atoms with Crippen LogP contribution in [0.2, 0.25) is 0 Å². The molecule has 29 heavy (non-hydrogen) atoms. The van der Waals surface area contributed by atoms with E-state index in [2.05, 4.69) is 33.4 Å². The molecule has 0 spiro atoms. The fourth-order valence-corrected chi connectivity index (χ4v) is 4.64. The predicted octanol–water partition coefficient (Wildman–Crippen LogP) is 6.56. The average Bonchev–Trinajstić information content (AvgIpc) is 2.68. The highest BCUT2D eigenvalue weighted by Crippen LogP contribution is 2.31. The van der Waals surface area contributed by atoms with Gasteiger partial charge in [-0.05, 0) is 37.1 Å². The third-order valence-corrected chi connectivity index (χ3v) is 6.69. The summed E-state index contributed by atoms with van der Waals surface area (Å²) < 4.78 is 11.3. The molecular weight excluding hydrogens is 381 g/mol. The normalized spacial score (nSPS) is 16.1. The standard InChI is InChI=1S/C24H47NO3P/c1-25(2,3)18-16-20-29(26)19-15-13-11-9-7-5-4-6-8-10-12-14-17-24-21-27-23-28-22-24/h16,18,21,26H,4-15,17,19-20,22-23H2,1-3H3/q+1. The minimum absolute atomic E-state index is 0.419. The highest BCUT2D eigenvalue weighted by atomic mass is 31.1. The summed E-state index contributed by atoms with van der Waals surface area (Å²) in [5.41, 5.74) is 1.31. The second-order valence-corrected chi connectivity index (χ2v) is 11.1. The highest BCUT2D eigenvalue weighted by molar-refractivity contribution is 7.51. The Labute approximate surface area is 181 Å². The van der Waals surface area contributed by atoms with E-state index in [1.54, 1.807) is 0 Å². The zero-order chi connectivity index (χ0) is 21.2. The summed E-state index contributed by atoms with van der Waals surface area (Å²) in [6, 6.07) is 0. The SMILES string of the molecule is C[N+](C)(C)C=CCP(O)CCCCCCCCCCCCCCC1=COCOC1. The fourth-order valence-electron chi connectivity index (χ4n) is 3.53. The van der Waals surface area contributed by atoms with Crippen molar-refractivity contribution >= 4 is 8.15 Å². The fraction of sp³-hybridized carbons (Fsp3) is 0.833. The number of unbranched alkanes of at least 4 members (excludes halogenated alkanes) is 11. The molecule has 0 bridgehead atoms. The summed E-state index contributed by atoms with van der Waals surface area (Å²) in [5, 5.41) is 0. The van der Waals surface area contributed by atoms with Crippen LogP contribution in [0, 0.1) is 0 Å². The number of allylic oxidation sites excluding steroid dienone is 1. The molecule has 0 fully saturated rings. The highest BCUT2D eigenvalue weighted by Gasteiger charge is 2.05. The average molecular weight is 429 g/mol. The molecule has 5 heteroatoms. The van der Waals surface area contributed by atoms with Gasteiger partial charge in [-0.2, -0.15) is 0 Å². The molecule has 4 nitrogen and oxygen atoms in total. The molecule has 0 aromatic heterocycles. The van der Waals surface area contributed by atoms with Gasteiger partial charge in [0.2, 0.25) is 0 Å². The van der Waals surface area contributed by atoms with Crippen molar-refractivity contribution in [2.45, 2.75) is 83.5 Å². The van der Waals surface area contributed by atoms with Gasteiger partial charge in [0.1, 0.15) is 0 Å². The van der Waals surface area contributed by atoms with Crippen LogP contribution in [0.4, 0.5) is 0 Å². The van der Waals surface area contributed by atoms with Gasteiger partial charge in [0.05, 0.1) is 40.2 Å². The number of ether oxygens (including phenoxy) is 2. The summed E-state index contributed by atoms with van der Waals surface area (Å²) in [5.74, 6) is 0. The van der Waals surface area contributed by atoms with E-state index >= 15 is 0 Å². The van der Waals surface area contributed by atoms with Gasteiger partial charge in [0, 0.05) is 14.3 Å². The Hall–Kier alpha value is -0.410. The van der Waals surface area contributed by atoms with Gasteiger partial charge in [-0.25, -0.2) is 0 Å². The lowest BCUT2D eigenvalue weighted by molar-refractivity contribution is -0.817. The van der Waals surface area contributed by atoms with Crippen LogP contribution in [0.3, 0.4) is 0 Å². The van der Waals surface area contributed by atoms with Crippen LogP contribution >= 0.6 is 8.15 Å². The zero-order valence-corrected chi connectivity index (χ0v) is 20.3. The van der Waals surface area contributed by atoms with E-state index in [0.29, 0.717) is 6.79 Å². The quantitative estimate of drug-likeness (QED) is 0.153. The molecule has 1 N–H and O–H groups in total. The minimum atomic E-state index is -0.789. The van der Waals surface area contributed by atoms with Gasteiger partial charge in [-0.15, -0.1) is 0 Å². The summed E-state index contributed by atoms with van der Waals surface area (Å²) in [7, 11) is 5.63. The molecule has 0 aromatic carbocycles. The first-order valence-electron chi connectivity index (χ1n) is 11.8. The zero-order valence-electron chi connectivity index (χ0n) is 19.4. The second-order valence-electron chi connectivity index (χ2n) is 9.32. The number of nitrogens with zero attached hydrogens (tertiary/aromatic N) is 1. The van der Waals surface area contributed by atoms with Crippen LogP contribution < -0.4 is 0 Å². The van der Waals surface area contributed by atoms with Gasteiger partial charge in [0.25, 0.3) is 0 Å². The number of quaternary nitrogens is 1. The van der Waals surface area contributed by atoms with E-state index in [4.69, 9.17) is 9.47 Å². The van der Waals surface area contributed by atoms with Gasteiger partial charge < -0.3 is 18.9 Å². The molecule has 1 rings (SSSR count). The van der Waals surface area contributed by atoms with E-state index in [-0.39, 0.29) is 0 Å². The third-order valence-electron chi connectivity index (χ3n) is 5.22. The Balaban J connectivity index is 1.76. The lowest BCUT2D eigenvalue weighted by atomic mass is 10.0. The maximum Gasteiger partial charge on any atom is 0.188 e. The first-order valence-corrected chi connectivity index (χ1v) is 13.4. The van der Waals surface area contributed by atoms with Crippen LogP contribution in [0.1, 0.15) is 83.5 Å².